The van der Waals surface area contributed by atoms with Crippen molar-refractivity contribution in [3.63, 3.8) is 0 Å². The summed E-state index contributed by atoms with van der Waals surface area (Å²) >= 11 is 0. The highest BCUT2D eigenvalue weighted by atomic mass is 19.2. The van der Waals surface area contributed by atoms with E-state index in [1.165, 1.54) is 25.3 Å². The molecule has 1 fully saturated rings. The number of aliphatic carboxylic acids is 1. The minimum Gasteiger partial charge on any atom is -0.493 e. The maximum absolute atomic E-state index is 14.1. The number of nitrogens with zero attached hydrogens (tertiary/aromatic N) is 1. The molecule has 0 radical (unpaired) electrons. The number of halogens is 3. The number of piperidine rings is 1. The molecule has 1 aliphatic heterocycles. The van der Waals surface area contributed by atoms with E-state index in [4.69, 9.17) is 14.6 Å². The van der Waals surface area contributed by atoms with Gasteiger partial charge in [-0.1, -0.05) is 29.8 Å². The molecule has 0 atom stereocenters. The van der Waals surface area contributed by atoms with Gasteiger partial charge in [0, 0.05) is 19.6 Å². The summed E-state index contributed by atoms with van der Waals surface area (Å²) in [6.45, 7) is 2.90. The van der Waals surface area contributed by atoms with Crippen molar-refractivity contribution >= 4 is 11.5 Å². The highest BCUT2D eigenvalue weighted by Gasteiger charge is 2.20. The van der Waals surface area contributed by atoms with Crippen molar-refractivity contribution in [2.75, 3.05) is 33.4 Å². The molecule has 5 nitrogen and oxygen atoms in total. The molecular weight excluding hydrogens is 495 g/mol. The fourth-order valence-corrected chi connectivity index (χ4v) is 4.73. The van der Waals surface area contributed by atoms with E-state index >= 15 is 0 Å². The van der Waals surface area contributed by atoms with E-state index in [1.807, 2.05) is 0 Å². The Morgan fingerprint density at radius 3 is 2.26 bits per heavy atom. The smallest absolute Gasteiger partial charge is 0.307 e. The average molecular weight is 526 g/mol. The van der Waals surface area contributed by atoms with Gasteiger partial charge in [-0.25, -0.2) is 13.2 Å². The van der Waals surface area contributed by atoms with Crippen molar-refractivity contribution in [1.82, 2.24) is 4.90 Å². The Balaban J connectivity index is 1.37. The standard InChI is InChI=1S/C30H30F3NO4/c1-37-28-17-20(18-29(35)36)3-10-27(28)38-16-2-13-34-14-11-22(12-15-34)30(21-4-7-24(31)8-5-21)23-6-9-25(32)26(33)19-23/h3-10,17,19H,2,11-16,18H2,1H3,(H,35,36). The third-order valence-corrected chi connectivity index (χ3v) is 6.61. The highest BCUT2D eigenvalue weighted by Crippen LogP contribution is 2.33. The molecule has 1 N–H and O–H groups in total. The molecule has 0 aliphatic carbocycles. The van der Waals surface area contributed by atoms with Gasteiger partial charge in [0.15, 0.2) is 23.1 Å². The fraction of sp³-hybridized carbons (Fsp3) is 0.300. The largest absolute Gasteiger partial charge is 0.493 e. The van der Waals surface area contributed by atoms with Crippen LogP contribution in [0.2, 0.25) is 0 Å². The van der Waals surface area contributed by atoms with Crippen LogP contribution in [0.1, 0.15) is 36.0 Å². The third-order valence-electron chi connectivity index (χ3n) is 6.61. The Morgan fingerprint density at radius 2 is 1.61 bits per heavy atom. The fourth-order valence-electron chi connectivity index (χ4n) is 4.73. The summed E-state index contributed by atoms with van der Waals surface area (Å²) in [6, 6.07) is 15.1. The zero-order valence-corrected chi connectivity index (χ0v) is 21.2. The van der Waals surface area contributed by atoms with Crippen LogP contribution in [0.25, 0.3) is 5.57 Å². The second kappa shape index (κ2) is 12.6. The Hall–Kier alpha value is -3.78. The predicted molar refractivity (Wildman–Crippen MR) is 139 cm³/mol. The van der Waals surface area contributed by atoms with Gasteiger partial charge in [-0.05, 0) is 77.9 Å². The van der Waals surface area contributed by atoms with Crippen molar-refractivity contribution in [2.24, 2.45) is 0 Å². The molecule has 3 aromatic carbocycles. The lowest BCUT2D eigenvalue weighted by Gasteiger charge is -2.30. The topological polar surface area (TPSA) is 59.0 Å². The molecule has 0 aromatic heterocycles. The Morgan fingerprint density at radius 1 is 0.895 bits per heavy atom. The lowest BCUT2D eigenvalue weighted by atomic mass is 9.88. The average Bonchev–Trinajstić information content (AvgIpc) is 2.91. The first-order valence-corrected chi connectivity index (χ1v) is 12.5. The zero-order chi connectivity index (χ0) is 27.1. The van der Waals surface area contributed by atoms with Crippen LogP contribution < -0.4 is 9.47 Å². The normalized spacial score (nSPS) is 13.8. The SMILES string of the molecule is COc1cc(CC(=O)O)ccc1OCCCN1CCC(=C(c2ccc(F)cc2)c2ccc(F)c(F)c2)CC1. The Kier molecular flexibility index (Phi) is 9.07. The molecule has 0 bridgehead atoms. The molecule has 0 unspecified atom stereocenters. The van der Waals surface area contributed by atoms with Gasteiger partial charge in [0.1, 0.15) is 5.82 Å². The van der Waals surface area contributed by atoms with Crippen LogP contribution in [0.4, 0.5) is 13.2 Å². The van der Waals surface area contributed by atoms with Crippen molar-refractivity contribution in [1.29, 1.82) is 0 Å². The van der Waals surface area contributed by atoms with Crippen LogP contribution in [0.15, 0.2) is 66.2 Å². The molecule has 1 heterocycles. The number of carboxylic acid groups (broad SMARTS) is 1. The number of hydrogen-bond acceptors (Lipinski definition) is 4. The van der Waals surface area contributed by atoms with Crippen LogP contribution in [-0.4, -0.2) is 49.3 Å². The molecular formula is C30H30F3NO4. The van der Waals surface area contributed by atoms with E-state index in [0.29, 0.717) is 29.2 Å². The van der Waals surface area contributed by atoms with Crippen LogP contribution >= 0.6 is 0 Å². The quantitative estimate of drug-likeness (QED) is 0.324. The van der Waals surface area contributed by atoms with Gasteiger partial charge in [0.2, 0.25) is 0 Å². The number of benzene rings is 3. The van der Waals surface area contributed by atoms with E-state index in [9.17, 15) is 18.0 Å². The molecule has 0 spiro atoms. The van der Waals surface area contributed by atoms with E-state index in [1.54, 1.807) is 36.4 Å². The third kappa shape index (κ3) is 6.95. The van der Waals surface area contributed by atoms with E-state index in [-0.39, 0.29) is 12.2 Å². The minimum absolute atomic E-state index is 0.0823. The van der Waals surface area contributed by atoms with Crippen LogP contribution in [0.5, 0.6) is 11.5 Å². The van der Waals surface area contributed by atoms with Gasteiger partial charge in [-0.3, -0.25) is 4.79 Å². The van der Waals surface area contributed by atoms with E-state index in [0.717, 1.165) is 61.7 Å². The molecule has 1 saturated heterocycles. The van der Waals surface area contributed by atoms with Crippen molar-refractivity contribution in [2.45, 2.75) is 25.7 Å². The number of ether oxygens (including phenoxy) is 2. The van der Waals surface area contributed by atoms with Gasteiger partial charge >= 0.3 is 5.97 Å². The van der Waals surface area contributed by atoms with Gasteiger partial charge in [0.25, 0.3) is 0 Å². The highest BCUT2D eigenvalue weighted by molar-refractivity contribution is 5.82. The van der Waals surface area contributed by atoms with Gasteiger partial charge in [0.05, 0.1) is 20.1 Å². The monoisotopic (exact) mass is 525 g/mol. The number of methoxy groups -OCH3 is 1. The maximum Gasteiger partial charge on any atom is 0.307 e. The summed E-state index contributed by atoms with van der Waals surface area (Å²) < 4.78 is 52.4. The minimum atomic E-state index is -0.909. The summed E-state index contributed by atoms with van der Waals surface area (Å²) in [7, 11) is 1.52. The predicted octanol–water partition coefficient (Wildman–Crippen LogP) is 6.11. The zero-order valence-electron chi connectivity index (χ0n) is 21.2. The first kappa shape index (κ1) is 27.3. The first-order valence-electron chi connectivity index (χ1n) is 12.5. The Labute approximate surface area is 220 Å². The second-order valence-electron chi connectivity index (χ2n) is 9.21. The summed E-state index contributed by atoms with van der Waals surface area (Å²) in [6.07, 6.45) is 2.21. The number of rotatable bonds is 10. The van der Waals surface area contributed by atoms with Crippen molar-refractivity contribution in [3.8, 4) is 11.5 Å². The molecule has 3 aromatic rings. The molecule has 4 rings (SSSR count). The van der Waals surface area contributed by atoms with Gasteiger partial charge in [-0.2, -0.15) is 0 Å². The van der Waals surface area contributed by atoms with E-state index in [2.05, 4.69) is 4.90 Å². The number of carbonyl (C=O) groups is 1. The van der Waals surface area contributed by atoms with Crippen molar-refractivity contribution in [3.05, 3.63) is 100 Å². The molecule has 8 heteroatoms. The van der Waals surface area contributed by atoms with Gasteiger partial charge < -0.3 is 19.5 Å². The second-order valence-corrected chi connectivity index (χ2v) is 9.21. The first-order chi connectivity index (χ1) is 18.3. The molecule has 200 valence electrons. The number of hydrogen-bond donors (Lipinski definition) is 1. The van der Waals surface area contributed by atoms with Crippen LogP contribution in [0.3, 0.4) is 0 Å². The number of likely N-dealkylation sites (tertiary alicyclic amines) is 1. The van der Waals surface area contributed by atoms with Crippen LogP contribution in [0, 0.1) is 17.5 Å². The maximum atomic E-state index is 14.1. The molecule has 38 heavy (non-hydrogen) atoms. The summed E-state index contributed by atoms with van der Waals surface area (Å²) in [5.74, 6) is -2.00. The Bertz CT molecular complexity index is 1300. The number of carboxylic acids is 1. The van der Waals surface area contributed by atoms with Crippen molar-refractivity contribution < 1.29 is 32.5 Å². The molecule has 1 aliphatic rings. The molecule has 0 amide bonds. The summed E-state index contributed by atoms with van der Waals surface area (Å²) in [5, 5.41) is 8.97. The lowest BCUT2D eigenvalue weighted by Crippen LogP contribution is -2.32. The molecule has 0 saturated carbocycles. The van der Waals surface area contributed by atoms with Crippen LogP contribution in [-0.2, 0) is 11.2 Å². The lowest BCUT2D eigenvalue weighted by molar-refractivity contribution is -0.136. The summed E-state index contributed by atoms with van der Waals surface area (Å²) in [5.41, 5.74) is 3.95. The van der Waals surface area contributed by atoms with E-state index < -0.39 is 17.6 Å². The summed E-state index contributed by atoms with van der Waals surface area (Å²) in [4.78, 5) is 13.3. The van der Waals surface area contributed by atoms with Gasteiger partial charge in [-0.15, -0.1) is 0 Å².